The van der Waals surface area contributed by atoms with Gasteiger partial charge in [-0.3, -0.25) is 4.79 Å². The molecule has 15 heavy (non-hydrogen) atoms. The van der Waals surface area contributed by atoms with Crippen molar-refractivity contribution in [1.82, 2.24) is 0 Å². The van der Waals surface area contributed by atoms with E-state index in [1.807, 2.05) is 18.2 Å². The number of benzene rings is 1. The lowest BCUT2D eigenvalue weighted by Gasteiger charge is -2.18. The second-order valence-electron chi connectivity index (χ2n) is 4.38. The second-order valence-corrected chi connectivity index (χ2v) is 4.38. The van der Waals surface area contributed by atoms with Crippen molar-refractivity contribution in [3.8, 4) is 0 Å². The molecular weight excluding hydrogens is 184 g/mol. The minimum Gasteiger partial charge on any atom is -0.299 e. The SMILES string of the molecule is O=C1CCCCCCC1c1ccccc1. The van der Waals surface area contributed by atoms with E-state index in [0.717, 1.165) is 19.3 Å². The normalized spacial score (nSPS) is 23.2. The van der Waals surface area contributed by atoms with E-state index in [4.69, 9.17) is 0 Å². The Bertz CT molecular complexity index is 315. The predicted octanol–water partition coefficient (Wildman–Crippen LogP) is 3.69. The van der Waals surface area contributed by atoms with Crippen molar-refractivity contribution in [2.75, 3.05) is 0 Å². The molecule has 1 aliphatic rings. The largest absolute Gasteiger partial charge is 0.299 e. The van der Waals surface area contributed by atoms with E-state index in [-0.39, 0.29) is 5.92 Å². The van der Waals surface area contributed by atoms with Crippen LogP contribution in [0.2, 0.25) is 0 Å². The maximum atomic E-state index is 12.0. The Morgan fingerprint density at radius 3 is 2.47 bits per heavy atom. The number of rotatable bonds is 1. The van der Waals surface area contributed by atoms with Crippen molar-refractivity contribution in [1.29, 1.82) is 0 Å². The van der Waals surface area contributed by atoms with Crippen LogP contribution in [0.5, 0.6) is 0 Å². The smallest absolute Gasteiger partial charge is 0.140 e. The third kappa shape index (κ3) is 2.68. The van der Waals surface area contributed by atoms with Gasteiger partial charge in [-0.15, -0.1) is 0 Å². The quantitative estimate of drug-likeness (QED) is 0.678. The van der Waals surface area contributed by atoms with E-state index in [2.05, 4.69) is 12.1 Å². The maximum absolute atomic E-state index is 12.0. The van der Waals surface area contributed by atoms with Crippen LogP contribution in [0.25, 0.3) is 0 Å². The predicted molar refractivity (Wildman–Crippen MR) is 61.9 cm³/mol. The summed E-state index contributed by atoms with van der Waals surface area (Å²) in [7, 11) is 0. The Hall–Kier alpha value is -1.11. The molecular formula is C14H18O. The van der Waals surface area contributed by atoms with Gasteiger partial charge in [0.1, 0.15) is 5.78 Å². The summed E-state index contributed by atoms with van der Waals surface area (Å²) in [6.07, 6.45) is 6.62. The molecule has 0 aromatic heterocycles. The third-order valence-electron chi connectivity index (χ3n) is 3.26. The number of carbonyl (C=O) groups is 1. The fraction of sp³-hybridized carbons (Fsp3) is 0.500. The van der Waals surface area contributed by atoms with Gasteiger partial charge in [-0.05, 0) is 18.4 Å². The summed E-state index contributed by atoms with van der Waals surface area (Å²) in [6, 6.07) is 10.2. The van der Waals surface area contributed by atoms with Gasteiger partial charge in [-0.25, -0.2) is 0 Å². The second kappa shape index (κ2) is 5.11. The number of Topliss-reactive ketones (excluding diaryl/α,β-unsaturated/α-hetero) is 1. The van der Waals surface area contributed by atoms with E-state index in [0.29, 0.717) is 5.78 Å². The molecule has 0 spiro atoms. The fourth-order valence-electron chi connectivity index (χ4n) is 2.37. The molecule has 0 bridgehead atoms. The molecule has 1 aliphatic carbocycles. The molecule has 2 rings (SSSR count). The maximum Gasteiger partial charge on any atom is 0.140 e. The first kappa shape index (κ1) is 10.4. The van der Waals surface area contributed by atoms with Crippen LogP contribution in [0, 0.1) is 0 Å². The lowest BCUT2D eigenvalue weighted by Crippen LogP contribution is -2.14. The van der Waals surface area contributed by atoms with E-state index in [1.54, 1.807) is 0 Å². The molecule has 0 aliphatic heterocycles. The van der Waals surface area contributed by atoms with Gasteiger partial charge in [0.2, 0.25) is 0 Å². The lowest BCUT2D eigenvalue weighted by molar-refractivity contribution is -0.121. The van der Waals surface area contributed by atoms with Crippen molar-refractivity contribution < 1.29 is 4.79 Å². The number of ketones is 1. The van der Waals surface area contributed by atoms with Crippen LogP contribution in [0.4, 0.5) is 0 Å². The Morgan fingerprint density at radius 2 is 1.67 bits per heavy atom. The molecule has 1 atom stereocenters. The molecule has 0 amide bonds. The van der Waals surface area contributed by atoms with E-state index >= 15 is 0 Å². The Morgan fingerprint density at radius 1 is 0.933 bits per heavy atom. The van der Waals surface area contributed by atoms with Gasteiger partial charge in [0.25, 0.3) is 0 Å². The van der Waals surface area contributed by atoms with Crippen LogP contribution in [0.15, 0.2) is 30.3 Å². The van der Waals surface area contributed by atoms with Gasteiger partial charge in [-0.1, -0.05) is 49.6 Å². The molecule has 1 aromatic carbocycles. The highest BCUT2D eigenvalue weighted by molar-refractivity contribution is 5.85. The molecule has 1 saturated carbocycles. The van der Waals surface area contributed by atoms with Gasteiger partial charge in [-0.2, -0.15) is 0 Å². The minimum absolute atomic E-state index is 0.173. The molecule has 1 fully saturated rings. The van der Waals surface area contributed by atoms with Crippen LogP contribution >= 0.6 is 0 Å². The molecule has 0 saturated heterocycles. The monoisotopic (exact) mass is 202 g/mol. The molecule has 0 radical (unpaired) electrons. The summed E-state index contributed by atoms with van der Waals surface area (Å²) in [5.41, 5.74) is 1.21. The first-order valence-electron chi connectivity index (χ1n) is 5.95. The van der Waals surface area contributed by atoms with Crippen molar-refractivity contribution in [2.24, 2.45) is 0 Å². The molecule has 1 aromatic rings. The summed E-state index contributed by atoms with van der Waals surface area (Å²) < 4.78 is 0. The van der Waals surface area contributed by atoms with Crippen LogP contribution < -0.4 is 0 Å². The van der Waals surface area contributed by atoms with Crippen molar-refractivity contribution >= 4 is 5.78 Å². The number of hydrogen-bond donors (Lipinski definition) is 0. The third-order valence-corrected chi connectivity index (χ3v) is 3.26. The van der Waals surface area contributed by atoms with E-state index in [9.17, 15) is 4.79 Å². The summed E-state index contributed by atoms with van der Waals surface area (Å²) in [5.74, 6) is 0.618. The molecule has 1 nitrogen and oxygen atoms in total. The summed E-state index contributed by atoms with van der Waals surface area (Å²) in [4.78, 5) is 12.0. The van der Waals surface area contributed by atoms with Crippen LogP contribution in [-0.2, 0) is 4.79 Å². The number of carbonyl (C=O) groups excluding carboxylic acids is 1. The lowest BCUT2D eigenvalue weighted by atomic mass is 9.85. The molecule has 1 unspecified atom stereocenters. The first-order valence-corrected chi connectivity index (χ1v) is 5.95. The van der Waals surface area contributed by atoms with Crippen LogP contribution in [-0.4, -0.2) is 5.78 Å². The zero-order valence-electron chi connectivity index (χ0n) is 9.11. The zero-order valence-corrected chi connectivity index (χ0v) is 9.11. The fourth-order valence-corrected chi connectivity index (χ4v) is 2.37. The van der Waals surface area contributed by atoms with Crippen LogP contribution in [0.1, 0.15) is 50.0 Å². The Kier molecular flexibility index (Phi) is 3.54. The summed E-state index contributed by atoms with van der Waals surface area (Å²) in [6.45, 7) is 0. The van der Waals surface area contributed by atoms with Gasteiger partial charge >= 0.3 is 0 Å². The average Bonchev–Trinajstić information content (AvgIpc) is 2.25. The highest BCUT2D eigenvalue weighted by atomic mass is 16.1. The molecule has 0 heterocycles. The highest BCUT2D eigenvalue weighted by Crippen LogP contribution is 2.27. The number of hydrogen-bond acceptors (Lipinski definition) is 1. The molecule has 1 heteroatoms. The standard InChI is InChI=1S/C14H18O/c15-14-11-7-2-1-6-10-13(14)12-8-4-3-5-9-12/h3-5,8-9,13H,1-2,6-7,10-11H2. The van der Waals surface area contributed by atoms with Gasteiger partial charge in [0.15, 0.2) is 0 Å². The highest BCUT2D eigenvalue weighted by Gasteiger charge is 2.20. The molecule has 0 N–H and O–H groups in total. The van der Waals surface area contributed by atoms with Crippen molar-refractivity contribution in [3.63, 3.8) is 0 Å². The minimum atomic E-state index is 0.173. The van der Waals surface area contributed by atoms with Crippen LogP contribution in [0.3, 0.4) is 0 Å². The summed E-state index contributed by atoms with van der Waals surface area (Å²) >= 11 is 0. The topological polar surface area (TPSA) is 17.1 Å². The Balaban J connectivity index is 2.14. The Labute approximate surface area is 91.5 Å². The van der Waals surface area contributed by atoms with E-state index in [1.165, 1.54) is 24.8 Å². The van der Waals surface area contributed by atoms with Crippen molar-refractivity contribution in [3.05, 3.63) is 35.9 Å². The van der Waals surface area contributed by atoms with Gasteiger partial charge < -0.3 is 0 Å². The van der Waals surface area contributed by atoms with Gasteiger partial charge in [0, 0.05) is 12.3 Å². The zero-order chi connectivity index (χ0) is 10.5. The first-order chi connectivity index (χ1) is 7.38. The van der Waals surface area contributed by atoms with Crippen molar-refractivity contribution in [2.45, 2.75) is 44.4 Å². The van der Waals surface area contributed by atoms with E-state index < -0.39 is 0 Å². The summed E-state index contributed by atoms with van der Waals surface area (Å²) in [5, 5.41) is 0. The van der Waals surface area contributed by atoms with Gasteiger partial charge in [0.05, 0.1) is 0 Å². The average molecular weight is 202 g/mol. The molecule has 80 valence electrons.